The van der Waals surface area contributed by atoms with Gasteiger partial charge < -0.3 is 5.11 Å². The monoisotopic (exact) mass is 342 g/mol. The second-order valence-electron chi connectivity index (χ2n) is 6.99. The molecule has 1 saturated heterocycles. The molecular weight excluding hydrogens is 320 g/mol. The van der Waals surface area contributed by atoms with Gasteiger partial charge in [0.1, 0.15) is 0 Å². The number of hydrogen-bond acceptors (Lipinski definition) is 5. The van der Waals surface area contributed by atoms with Crippen molar-refractivity contribution >= 4 is 5.65 Å². The quantitative estimate of drug-likeness (QED) is 0.637. The number of nitrogens with zero attached hydrogens (tertiary/aromatic N) is 4. The zero-order chi connectivity index (χ0) is 17.6. The summed E-state index contributed by atoms with van der Waals surface area (Å²) in [6, 6.07) is 5.42. The number of aliphatic hydroxyl groups excluding tert-OH is 1. The maximum absolute atomic E-state index is 12.2. The van der Waals surface area contributed by atoms with Crippen molar-refractivity contribution in [3.63, 3.8) is 0 Å². The van der Waals surface area contributed by atoms with Gasteiger partial charge in [0.05, 0.1) is 17.5 Å². The highest BCUT2D eigenvalue weighted by molar-refractivity contribution is 5.39. The SMILES string of the molecule is Cc1cc(C[C@@H]2CN(Cc3cc(=O)n4[nH]c(C)cc4n3)C[C@H]2O)n[nH]1. The molecule has 0 aliphatic carbocycles. The molecule has 1 fully saturated rings. The molecular formula is C17H22N6O2. The number of β-amino-alcohol motifs (C(OH)–C–C–N with tert-alkyl or cyclic N) is 1. The Bertz CT molecular complexity index is 956. The van der Waals surface area contributed by atoms with E-state index in [2.05, 4.69) is 25.2 Å². The highest BCUT2D eigenvalue weighted by atomic mass is 16.3. The number of rotatable bonds is 4. The van der Waals surface area contributed by atoms with Gasteiger partial charge in [0.15, 0.2) is 5.65 Å². The van der Waals surface area contributed by atoms with Crippen LogP contribution in [0.1, 0.15) is 22.8 Å². The molecule has 8 nitrogen and oxygen atoms in total. The minimum Gasteiger partial charge on any atom is -0.391 e. The molecule has 4 rings (SSSR count). The van der Waals surface area contributed by atoms with E-state index in [1.54, 1.807) is 6.07 Å². The first-order chi connectivity index (χ1) is 12.0. The van der Waals surface area contributed by atoms with Crippen LogP contribution < -0.4 is 5.56 Å². The molecule has 0 aromatic carbocycles. The fraction of sp³-hybridized carbons (Fsp3) is 0.471. The summed E-state index contributed by atoms with van der Waals surface area (Å²) >= 11 is 0. The average molecular weight is 342 g/mol. The summed E-state index contributed by atoms with van der Waals surface area (Å²) in [4.78, 5) is 18.9. The third-order valence-electron chi connectivity index (χ3n) is 4.73. The summed E-state index contributed by atoms with van der Waals surface area (Å²) in [7, 11) is 0. The van der Waals surface area contributed by atoms with Gasteiger partial charge in [0.2, 0.25) is 0 Å². The highest BCUT2D eigenvalue weighted by Gasteiger charge is 2.32. The second kappa shape index (κ2) is 6.12. The largest absolute Gasteiger partial charge is 0.391 e. The number of likely N-dealkylation sites (tertiary alicyclic amines) is 1. The number of nitrogens with one attached hydrogen (secondary N) is 2. The minimum atomic E-state index is -0.392. The smallest absolute Gasteiger partial charge is 0.272 e. The Hall–Kier alpha value is -2.45. The summed E-state index contributed by atoms with van der Waals surface area (Å²) in [5, 5.41) is 20.5. The molecule has 1 aliphatic rings. The molecule has 132 valence electrons. The van der Waals surface area contributed by atoms with Crippen LogP contribution in [0.25, 0.3) is 5.65 Å². The van der Waals surface area contributed by atoms with Crippen molar-refractivity contribution in [1.82, 2.24) is 29.7 Å². The lowest BCUT2D eigenvalue weighted by Gasteiger charge is -2.14. The first kappa shape index (κ1) is 16.0. The lowest BCUT2D eigenvalue weighted by Crippen LogP contribution is -2.24. The Kier molecular flexibility index (Phi) is 3.93. The third-order valence-corrected chi connectivity index (χ3v) is 4.73. The van der Waals surface area contributed by atoms with E-state index >= 15 is 0 Å². The average Bonchev–Trinajstić information content (AvgIpc) is 3.20. The lowest BCUT2D eigenvalue weighted by atomic mass is 10.0. The van der Waals surface area contributed by atoms with E-state index < -0.39 is 6.10 Å². The van der Waals surface area contributed by atoms with Gasteiger partial charge in [-0.3, -0.25) is 19.9 Å². The van der Waals surface area contributed by atoms with E-state index in [9.17, 15) is 9.90 Å². The number of hydrogen-bond donors (Lipinski definition) is 3. The summed E-state index contributed by atoms with van der Waals surface area (Å²) in [6.45, 7) is 5.77. The Labute approximate surface area is 144 Å². The van der Waals surface area contributed by atoms with E-state index in [0.717, 1.165) is 35.7 Å². The van der Waals surface area contributed by atoms with Gasteiger partial charge in [0, 0.05) is 49.1 Å². The molecule has 3 N–H and O–H groups in total. The molecule has 4 heterocycles. The van der Waals surface area contributed by atoms with Crippen molar-refractivity contribution in [3.8, 4) is 0 Å². The summed E-state index contributed by atoms with van der Waals surface area (Å²) in [5.74, 6) is 0.141. The van der Waals surface area contributed by atoms with Gasteiger partial charge in [-0.15, -0.1) is 0 Å². The number of aliphatic hydroxyl groups is 1. The van der Waals surface area contributed by atoms with Crippen molar-refractivity contribution < 1.29 is 5.11 Å². The molecule has 3 aromatic heterocycles. The van der Waals surface area contributed by atoms with Crippen LogP contribution >= 0.6 is 0 Å². The van der Waals surface area contributed by atoms with Gasteiger partial charge in [-0.1, -0.05) is 0 Å². The van der Waals surface area contributed by atoms with Crippen LogP contribution in [-0.4, -0.2) is 54.0 Å². The van der Waals surface area contributed by atoms with Crippen molar-refractivity contribution in [3.05, 3.63) is 51.3 Å². The van der Waals surface area contributed by atoms with Gasteiger partial charge in [-0.2, -0.15) is 5.10 Å². The molecule has 0 spiro atoms. The Balaban J connectivity index is 1.47. The Morgan fingerprint density at radius 1 is 1.20 bits per heavy atom. The van der Waals surface area contributed by atoms with Crippen LogP contribution in [0.4, 0.5) is 0 Å². The van der Waals surface area contributed by atoms with E-state index in [-0.39, 0.29) is 11.5 Å². The number of fused-ring (bicyclic) bond motifs is 1. The van der Waals surface area contributed by atoms with E-state index in [4.69, 9.17) is 0 Å². The van der Waals surface area contributed by atoms with Crippen LogP contribution in [0.5, 0.6) is 0 Å². The number of H-pyrrole nitrogens is 2. The Morgan fingerprint density at radius 3 is 2.80 bits per heavy atom. The maximum Gasteiger partial charge on any atom is 0.272 e. The van der Waals surface area contributed by atoms with Gasteiger partial charge in [-0.05, 0) is 26.3 Å². The summed E-state index contributed by atoms with van der Waals surface area (Å²) in [6.07, 6.45) is 0.352. The molecule has 0 bridgehead atoms. The normalized spacial score (nSPS) is 21.4. The summed E-state index contributed by atoms with van der Waals surface area (Å²) in [5.41, 5.74) is 4.14. The zero-order valence-corrected chi connectivity index (χ0v) is 14.4. The van der Waals surface area contributed by atoms with Crippen LogP contribution in [-0.2, 0) is 13.0 Å². The molecule has 1 aliphatic heterocycles. The Morgan fingerprint density at radius 2 is 2.04 bits per heavy atom. The number of aromatic nitrogens is 5. The molecule has 8 heteroatoms. The van der Waals surface area contributed by atoms with Crippen molar-refractivity contribution in [1.29, 1.82) is 0 Å². The second-order valence-corrected chi connectivity index (χ2v) is 6.99. The van der Waals surface area contributed by atoms with Crippen LogP contribution in [0, 0.1) is 19.8 Å². The van der Waals surface area contributed by atoms with E-state index in [0.29, 0.717) is 18.7 Å². The predicted octanol–water partition coefficient (Wildman–Crippen LogP) is 0.398. The van der Waals surface area contributed by atoms with Gasteiger partial charge in [0.25, 0.3) is 5.56 Å². The first-order valence-electron chi connectivity index (χ1n) is 8.47. The lowest BCUT2D eigenvalue weighted by molar-refractivity contribution is 0.140. The molecule has 0 radical (unpaired) electrons. The molecule has 2 atom stereocenters. The number of aromatic amines is 2. The van der Waals surface area contributed by atoms with Crippen molar-refractivity contribution in [2.45, 2.75) is 32.9 Å². The molecule has 3 aromatic rings. The maximum atomic E-state index is 12.2. The van der Waals surface area contributed by atoms with Crippen molar-refractivity contribution in [2.75, 3.05) is 13.1 Å². The van der Waals surface area contributed by atoms with Crippen molar-refractivity contribution in [2.24, 2.45) is 5.92 Å². The first-order valence-corrected chi connectivity index (χ1v) is 8.47. The van der Waals surface area contributed by atoms with Crippen LogP contribution in [0.3, 0.4) is 0 Å². The standard InChI is InChI=1S/C17H22N6O2/c1-10-3-13(20-19-10)5-12-7-22(9-15(12)24)8-14-6-17(25)23-16(18-14)4-11(2)21-23/h3-4,6,12,15,21,24H,5,7-9H2,1-2H3,(H,19,20)/t12-,15-/m1/s1. The van der Waals surface area contributed by atoms with Crippen LogP contribution in [0.2, 0.25) is 0 Å². The third kappa shape index (κ3) is 3.22. The summed E-state index contributed by atoms with van der Waals surface area (Å²) < 4.78 is 1.44. The highest BCUT2D eigenvalue weighted by Crippen LogP contribution is 2.22. The van der Waals surface area contributed by atoms with E-state index in [1.807, 2.05) is 26.0 Å². The fourth-order valence-electron chi connectivity index (χ4n) is 3.59. The minimum absolute atomic E-state index is 0.114. The van der Waals surface area contributed by atoms with Gasteiger partial charge in [-0.25, -0.2) is 9.50 Å². The number of aryl methyl sites for hydroxylation is 2. The molecule has 25 heavy (non-hydrogen) atoms. The van der Waals surface area contributed by atoms with Gasteiger partial charge >= 0.3 is 0 Å². The topological polar surface area (TPSA) is 102 Å². The van der Waals surface area contributed by atoms with E-state index in [1.165, 1.54) is 4.52 Å². The van der Waals surface area contributed by atoms with Crippen LogP contribution in [0.15, 0.2) is 23.0 Å². The molecule has 0 amide bonds. The molecule has 0 unspecified atom stereocenters. The zero-order valence-electron chi connectivity index (χ0n) is 14.4. The molecule has 0 saturated carbocycles. The predicted molar refractivity (Wildman–Crippen MR) is 92.4 cm³/mol. The fourth-order valence-corrected chi connectivity index (χ4v) is 3.59.